The third kappa shape index (κ3) is 1.72. The molecular weight excluding hydrogens is 150 g/mol. The second-order valence-corrected chi connectivity index (χ2v) is 3.45. The maximum Gasteiger partial charge on any atom is 0.129 e. The molecule has 12 heavy (non-hydrogen) atoms. The zero-order valence-corrected chi connectivity index (χ0v) is 7.20. The number of anilines is 1. The summed E-state index contributed by atoms with van der Waals surface area (Å²) >= 11 is 0. The molecule has 1 fully saturated rings. The lowest BCUT2D eigenvalue weighted by atomic mass is 10.3. The molecule has 3 heteroatoms. The van der Waals surface area contributed by atoms with Crippen molar-refractivity contribution >= 4 is 5.82 Å². The maximum absolute atomic E-state index is 4.08. The van der Waals surface area contributed by atoms with Gasteiger partial charge in [-0.1, -0.05) is 6.92 Å². The molecule has 0 amide bonds. The van der Waals surface area contributed by atoms with Crippen LogP contribution in [0.2, 0.25) is 0 Å². The summed E-state index contributed by atoms with van der Waals surface area (Å²) in [6.07, 6.45) is 4.68. The molecule has 0 aromatic carbocycles. The van der Waals surface area contributed by atoms with E-state index in [1.807, 2.05) is 6.07 Å². The molecule has 1 heterocycles. The molecule has 0 saturated heterocycles. The van der Waals surface area contributed by atoms with Crippen LogP contribution in [0.25, 0.3) is 0 Å². The van der Waals surface area contributed by atoms with Crippen molar-refractivity contribution in [1.82, 2.24) is 9.97 Å². The predicted octanol–water partition coefficient (Wildman–Crippen LogP) is 1.54. The number of rotatable bonds is 3. The fourth-order valence-electron chi connectivity index (χ4n) is 1.31. The van der Waals surface area contributed by atoms with Crippen molar-refractivity contribution in [3.8, 4) is 0 Å². The maximum atomic E-state index is 4.08. The molecule has 3 nitrogen and oxygen atoms in total. The van der Waals surface area contributed by atoms with Gasteiger partial charge in [-0.15, -0.1) is 0 Å². The average Bonchev–Trinajstić information content (AvgIpc) is 2.81. The number of nitrogens with one attached hydrogen (secondary N) is 1. The van der Waals surface area contributed by atoms with E-state index < -0.39 is 0 Å². The van der Waals surface area contributed by atoms with Gasteiger partial charge >= 0.3 is 0 Å². The summed E-state index contributed by atoms with van der Waals surface area (Å²) in [6.45, 7) is 3.34. The number of hydrogen-bond acceptors (Lipinski definition) is 3. The van der Waals surface area contributed by atoms with Gasteiger partial charge in [0.15, 0.2) is 0 Å². The Morgan fingerprint density at radius 2 is 2.50 bits per heavy atom. The average molecular weight is 163 g/mol. The van der Waals surface area contributed by atoms with Gasteiger partial charge in [0.1, 0.15) is 12.1 Å². The lowest BCUT2D eigenvalue weighted by Crippen LogP contribution is -2.05. The van der Waals surface area contributed by atoms with Crippen LogP contribution in [-0.4, -0.2) is 16.5 Å². The Bertz CT molecular complexity index is 247. The lowest BCUT2D eigenvalue weighted by molar-refractivity contribution is 0.784. The molecule has 64 valence electrons. The minimum absolute atomic E-state index is 0.861. The fraction of sp³-hybridized carbons (Fsp3) is 0.556. The topological polar surface area (TPSA) is 37.8 Å². The first-order valence-corrected chi connectivity index (χ1v) is 4.36. The summed E-state index contributed by atoms with van der Waals surface area (Å²) in [4.78, 5) is 7.93. The third-order valence-electron chi connectivity index (χ3n) is 2.40. The summed E-state index contributed by atoms with van der Waals surface area (Å²) < 4.78 is 0. The predicted molar refractivity (Wildman–Crippen MR) is 47.8 cm³/mol. The van der Waals surface area contributed by atoms with Crippen LogP contribution >= 0.6 is 0 Å². The van der Waals surface area contributed by atoms with Gasteiger partial charge in [-0.05, 0) is 24.3 Å². The summed E-state index contributed by atoms with van der Waals surface area (Å²) in [5, 5.41) is 3.29. The van der Waals surface area contributed by atoms with Gasteiger partial charge in [-0.25, -0.2) is 9.97 Å². The normalized spacial score (nSPS) is 26.8. The van der Waals surface area contributed by atoms with E-state index in [9.17, 15) is 0 Å². The van der Waals surface area contributed by atoms with E-state index in [2.05, 4.69) is 22.2 Å². The molecule has 0 bridgehead atoms. The van der Waals surface area contributed by atoms with Gasteiger partial charge in [0, 0.05) is 12.7 Å². The minimum Gasteiger partial charge on any atom is -0.370 e. The first kappa shape index (κ1) is 7.53. The molecular formula is C9H13N3. The van der Waals surface area contributed by atoms with Crippen molar-refractivity contribution in [3.05, 3.63) is 18.6 Å². The monoisotopic (exact) mass is 163 g/mol. The van der Waals surface area contributed by atoms with Gasteiger partial charge in [0.2, 0.25) is 0 Å². The molecule has 1 aliphatic carbocycles. The number of aromatic nitrogens is 2. The van der Waals surface area contributed by atoms with Crippen LogP contribution in [0, 0.1) is 11.8 Å². The standard InChI is InChI=1S/C9H13N3/c1-7-4-8(7)5-11-9-2-3-10-6-12-9/h2-3,6-8H,4-5H2,1H3,(H,10,11,12). The highest BCUT2D eigenvalue weighted by atomic mass is 15.0. The van der Waals surface area contributed by atoms with Gasteiger partial charge in [0.25, 0.3) is 0 Å². The SMILES string of the molecule is CC1CC1CNc1ccncn1. The summed E-state index contributed by atoms with van der Waals surface area (Å²) in [5.74, 6) is 2.70. The summed E-state index contributed by atoms with van der Waals surface area (Å²) in [7, 11) is 0. The van der Waals surface area contributed by atoms with E-state index in [4.69, 9.17) is 0 Å². The first-order chi connectivity index (χ1) is 5.86. The highest BCUT2D eigenvalue weighted by Gasteiger charge is 2.31. The molecule has 1 aromatic rings. The molecule has 0 spiro atoms. The Kier molecular flexibility index (Phi) is 1.94. The van der Waals surface area contributed by atoms with Gasteiger partial charge < -0.3 is 5.32 Å². The largest absolute Gasteiger partial charge is 0.370 e. The fourth-order valence-corrected chi connectivity index (χ4v) is 1.31. The highest BCUT2D eigenvalue weighted by Crippen LogP contribution is 2.37. The highest BCUT2D eigenvalue weighted by molar-refractivity contribution is 5.31. The zero-order valence-electron chi connectivity index (χ0n) is 7.20. The van der Waals surface area contributed by atoms with Crippen molar-refractivity contribution in [2.75, 3.05) is 11.9 Å². The minimum atomic E-state index is 0.861. The van der Waals surface area contributed by atoms with Crippen molar-refractivity contribution in [2.24, 2.45) is 11.8 Å². The Balaban J connectivity index is 1.80. The van der Waals surface area contributed by atoms with Crippen molar-refractivity contribution in [2.45, 2.75) is 13.3 Å². The van der Waals surface area contributed by atoms with Crippen LogP contribution in [0.5, 0.6) is 0 Å². The third-order valence-corrected chi connectivity index (χ3v) is 2.40. The van der Waals surface area contributed by atoms with E-state index in [-0.39, 0.29) is 0 Å². The van der Waals surface area contributed by atoms with E-state index in [1.165, 1.54) is 6.42 Å². The zero-order chi connectivity index (χ0) is 8.39. The van der Waals surface area contributed by atoms with E-state index >= 15 is 0 Å². The molecule has 1 aromatic heterocycles. The van der Waals surface area contributed by atoms with Gasteiger partial charge in [0.05, 0.1) is 0 Å². The van der Waals surface area contributed by atoms with Crippen LogP contribution in [0.15, 0.2) is 18.6 Å². The quantitative estimate of drug-likeness (QED) is 0.734. The molecule has 0 radical (unpaired) electrons. The lowest BCUT2D eigenvalue weighted by Gasteiger charge is -2.02. The van der Waals surface area contributed by atoms with Crippen LogP contribution in [0.3, 0.4) is 0 Å². The Hall–Kier alpha value is -1.12. The Morgan fingerprint density at radius 3 is 3.08 bits per heavy atom. The van der Waals surface area contributed by atoms with Gasteiger partial charge in [-0.3, -0.25) is 0 Å². The van der Waals surface area contributed by atoms with Crippen molar-refractivity contribution < 1.29 is 0 Å². The molecule has 0 aliphatic heterocycles. The van der Waals surface area contributed by atoms with E-state index in [1.54, 1.807) is 12.5 Å². The van der Waals surface area contributed by atoms with Crippen LogP contribution in [0.1, 0.15) is 13.3 Å². The van der Waals surface area contributed by atoms with Crippen LogP contribution in [0.4, 0.5) is 5.82 Å². The Morgan fingerprint density at radius 1 is 1.67 bits per heavy atom. The van der Waals surface area contributed by atoms with E-state index in [0.29, 0.717) is 0 Å². The van der Waals surface area contributed by atoms with Crippen molar-refractivity contribution in [3.63, 3.8) is 0 Å². The smallest absolute Gasteiger partial charge is 0.129 e. The van der Waals surface area contributed by atoms with Gasteiger partial charge in [-0.2, -0.15) is 0 Å². The molecule has 1 N–H and O–H groups in total. The molecule has 2 rings (SSSR count). The van der Waals surface area contributed by atoms with E-state index in [0.717, 1.165) is 24.2 Å². The second-order valence-electron chi connectivity index (χ2n) is 3.45. The van der Waals surface area contributed by atoms with Crippen molar-refractivity contribution in [1.29, 1.82) is 0 Å². The molecule has 2 atom stereocenters. The summed E-state index contributed by atoms with van der Waals surface area (Å²) in [6, 6.07) is 1.90. The Labute approximate surface area is 72.2 Å². The van der Waals surface area contributed by atoms with Crippen LogP contribution < -0.4 is 5.32 Å². The molecule has 1 saturated carbocycles. The summed E-state index contributed by atoms with van der Waals surface area (Å²) in [5.41, 5.74) is 0. The molecule has 1 aliphatic rings. The van der Waals surface area contributed by atoms with Crippen LogP contribution in [-0.2, 0) is 0 Å². The number of nitrogens with zero attached hydrogens (tertiary/aromatic N) is 2. The first-order valence-electron chi connectivity index (χ1n) is 4.36. The second kappa shape index (κ2) is 3.09. The number of hydrogen-bond donors (Lipinski definition) is 1. The molecule has 2 unspecified atom stereocenters.